The number of hydrogen-bond donors (Lipinski definition) is 2. The molecule has 1 amide bonds. The highest BCUT2D eigenvalue weighted by molar-refractivity contribution is 5.95. The molecule has 0 aliphatic rings. The zero-order valence-corrected chi connectivity index (χ0v) is 10.6. The Morgan fingerprint density at radius 3 is 2.40 bits per heavy atom. The van der Waals surface area contributed by atoms with E-state index < -0.39 is 4.92 Å². The molecule has 0 saturated carbocycles. The number of amides is 1. The lowest BCUT2D eigenvalue weighted by Gasteiger charge is -2.07. The van der Waals surface area contributed by atoms with Crippen LogP contribution in [-0.2, 0) is 11.2 Å². The largest absolute Gasteiger partial charge is 0.397 e. The number of non-ortho nitro benzene ring substituents is 1. The summed E-state index contributed by atoms with van der Waals surface area (Å²) < 4.78 is 0. The Bertz CT molecular complexity index is 638. The zero-order valence-electron chi connectivity index (χ0n) is 10.6. The SMILES string of the molecule is Nc1ccccc1NC(=O)Cc1ccc([N+](=O)[O-])cc1. The van der Waals surface area contributed by atoms with Crippen molar-refractivity contribution in [2.75, 3.05) is 11.1 Å². The maximum atomic E-state index is 11.9. The van der Waals surface area contributed by atoms with Gasteiger partial charge in [-0.3, -0.25) is 14.9 Å². The number of nitrogens with one attached hydrogen (secondary N) is 1. The van der Waals surface area contributed by atoms with Crippen molar-refractivity contribution in [3.63, 3.8) is 0 Å². The van der Waals surface area contributed by atoms with Crippen molar-refractivity contribution in [2.24, 2.45) is 0 Å². The molecule has 0 aromatic heterocycles. The number of nitrogen functional groups attached to an aromatic ring is 1. The molecular weight excluding hydrogens is 258 g/mol. The molecule has 0 aliphatic heterocycles. The van der Waals surface area contributed by atoms with E-state index in [1.807, 2.05) is 0 Å². The second kappa shape index (κ2) is 5.83. The minimum Gasteiger partial charge on any atom is -0.397 e. The van der Waals surface area contributed by atoms with Gasteiger partial charge in [-0.2, -0.15) is 0 Å². The van der Waals surface area contributed by atoms with Crippen LogP contribution in [-0.4, -0.2) is 10.8 Å². The first-order chi connectivity index (χ1) is 9.56. The summed E-state index contributed by atoms with van der Waals surface area (Å²) in [6.07, 6.45) is 0.131. The average Bonchev–Trinajstić information content (AvgIpc) is 2.42. The normalized spacial score (nSPS) is 10.0. The molecule has 6 nitrogen and oxygen atoms in total. The van der Waals surface area contributed by atoms with Crippen LogP contribution in [0.4, 0.5) is 17.1 Å². The van der Waals surface area contributed by atoms with E-state index in [0.717, 1.165) is 0 Å². The molecular formula is C14H13N3O3. The van der Waals surface area contributed by atoms with Gasteiger partial charge in [0.25, 0.3) is 5.69 Å². The third-order valence-electron chi connectivity index (χ3n) is 2.75. The highest BCUT2D eigenvalue weighted by Gasteiger charge is 2.08. The number of benzene rings is 2. The second-order valence-electron chi connectivity index (χ2n) is 4.24. The van der Waals surface area contributed by atoms with Crippen molar-refractivity contribution in [1.82, 2.24) is 0 Å². The molecule has 2 aromatic carbocycles. The number of nitro benzene ring substituents is 1. The van der Waals surface area contributed by atoms with Gasteiger partial charge in [0, 0.05) is 12.1 Å². The Kier molecular flexibility index (Phi) is 3.95. The van der Waals surface area contributed by atoms with Gasteiger partial charge in [0.15, 0.2) is 0 Å². The number of nitrogens with zero attached hydrogens (tertiary/aromatic N) is 1. The van der Waals surface area contributed by atoms with Crippen LogP contribution in [0.2, 0.25) is 0 Å². The van der Waals surface area contributed by atoms with Crippen molar-refractivity contribution in [2.45, 2.75) is 6.42 Å². The van der Waals surface area contributed by atoms with Crippen LogP contribution < -0.4 is 11.1 Å². The molecule has 0 unspecified atom stereocenters. The molecule has 0 atom stereocenters. The van der Waals surface area contributed by atoms with E-state index >= 15 is 0 Å². The predicted molar refractivity (Wildman–Crippen MR) is 76.3 cm³/mol. The van der Waals surface area contributed by atoms with Crippen molar-refractivity contribution in [3.05, 3.63) is 64.2 Å². The summed E-state index contributed by atoms with van der Waals surface area (Å²) in [7, 11) is 0. The van der Waals surface area contributed by atoms with Crippen LogP contribution in [0.1, 0.15) is 5.56 Å². The fourth-order valence-electron chi connectivity index (χ4n) is 1.73. The van der Waals surface area contributed by atoms with E-state index in [2.05, 4.69) is 5.32 Å². The molecule has 0 saturated heterocycles. The molecule has 102 valence electrons. The Balaban J connectivity index is 2.01. The smallest absolute Gasteiger partial charge is 0.269 e. The molecule has 3 N–H and O–H groups in total. The summed E-state index contributed by atoms with van der Waals surface area (Å²) in [5.74, 6) is -0.225. The van der Waals surface area contributed by atoms with Gasteiger partial charge in [0.05, 0.1) is 22.7 Å². The predicted octanol–water partition coefficient (Wildman–Crippen LogP) is 2.36. The van der Waals surface area contributed by atoms with Gasteiger partial charge >= 0.3 is 0 Å². The second-order valence-corrected chi connectivity index (χ2v) is 4.24. The summed E-state index contributed by atoms with van der Waals surface area (Å²) in [6.45, 7) is 0. The van der Waals surface area contributed by atoms with Crippen molar-refractivity contribution >= 4 is 23.0 Å². The lowest BCUT2D eigenvalue weighted by atomic mass is 10.1. The molecule has 20 heavy (non-hydrogen) atoms. The van der Waals surface area contributed by atoms with Crippen LogP contribution in [0, 0.1) is 10.1 Å². The van der Waals surface area contributed by atoms with Crippen molar-refractivity contribution in [3.8, 4) is 0 Å². The van der Waals surface area contributed by atoms with Gasteiger partial charge < -0.3 is 11.1 Å². The maximum absolute atomic E-state index is 11.9. The van der Waals surface area contributed by atoms with Crippen LogP contribution >= 0.6 is 0 Å². The first kappa shape index (κ1) is 13.5. The van der Waals surface area contributed by atoms with Gasteiger partial charge in [-0.25, -0.2) is 0 Å². The minimum atomic E-state index is -0.478. The highest BCUT2D eigenvalue weighted by atomic mass is 16.6. The summed E-state index contributed by atoms with van der Waals surface area (Å²) >= 11 is 0. The number of para-hydroxylation sites is 2. The summed E-state index contributed by atoms with van der Waals surface area (Å²) in [5.41, 5.74) is 7.47. The summed E-state index contributed by atoms with van der Waals surface area (Å²) in [6, 6.07) is 12.8. The first-order valence-electron chi connectivity index (χ1n) is 5.94. The standard InChI is InChI=1S/C14H13N3O3/c15-12-3-1-2-4-13(12)16-14(18)9-10-5-7-11(8-6-10)17(19)20/h1-8H,9,15H2,(H,16,18). The number of rotatable bonds is 4. The number of carbonyl (C=O) groups is 1. The molecule has 0 radical (unpaired) electrons. The molecule has 0 aliphatic carbocycles. The van der Waals surface area contributed by atoms with Gasteiger partial charge in [-0.05, 0) is 17.7 Å². The van der Waals surface area contributed by atoms with E-state index in [9.17, 15) is 14.9 Å². The number of nitro groups is 1. The molecule has 0 bridgehead atoms. The average molecular weight is 271 g/mol. The molecule has 2 aromatic rings. The maximum Gasteiger partial charge on any atom is 0.269 e. The fraction of sp³-hybridized carbons (Fsp3) is 0.0714. The molecule has 0 heterocycles. The zero-order chi connectivity index (χ0) is 14.5. The summed E-state index contributed by atoms with van der Waals surface area (Å²) in [4.78, 5) is 21.9. The van der Waals surface area contributed by atoms with Gasteiger partial charge in [0.1, 0.15) is 0 Å². The Morgan fingerprint density at radius 1 is 1.15 bits per heavy atom. The number of nitrogens with two attached hydrogens (primary N) is 1. The van der Waals surface area contributed by atoms with Crippen LogP contribution in [0.5, 0.6) is 0 Å². The Morgan fingerprint density at radius 2 is 1.80 bits per heavy atom. The monoisotopic (exact) mass is 271 g/mol. The third-order valence-corrected chi connectivity index (χ3v) is 2.75. The van der Waals surface area contributed by atoms with Gasteiger partial charge in [-0.1, -0.05) is 24.3 Å². The first-order valence-corrected chi connectivity index (χ1v) is 5.94. The molecule has 2 rings (SSSR count). The highest BCUT2D eigenvalue weighted by Crippen LogP contribution is 2.17. The van der Waals surface area contributed by atoms with Crippen molar-refractivity contribution in [1.29, 1.82) is 0 Å². The van der Waals surface area contributed by atoms with Crippen LogP contribution in [0.3, 0.4) is 0 Å². The van der Waals surface area contributed by atoms with E-state index in [1.54, 1.807) is 36.4 Å². The van der Waals surface area contributed by atoms with Gasteiger partial charge in [0.2, 0.25) is 5.91 Å². The van der Waals surface area contributed by atoms with Crippen molar-refractivity contribution < 1.29 is 9.72 Å². The summed E-state index contributed by atoms with van der Waals surface area (Å²) in [5, 5.41) is 13.2. The minimum absolute atomic E-state index is 0.00135. The number of hydrogen-bond acceptors (Lipinski definition) is 4. The van der Waals surface area contributed by atoms with Crippen LogP contribution in [0.25, 0.3) is 0 Å². The number of carbonyl (C=O) groups excluding carboxylic acids is 1. The molecule has 0 fully saturated rings. The van der Waals surface area contributed by atoms with E-state index in [4.69, 9.17) is 5.73 Å². The lowest BCUT2D eigenvalue weighted by Crippen LogP contribution is -2.15. The Hall–Kier alpha value is -2.89. The van der Waals surface area contributed by atoms with E-state index in [-0.39, 0.29) is 18.0 Å². The third kappa shape index (κ3) is 3.32. The van der Waals surface area contributed by atoms with Gasteiger partial charge in [-0.15, -0.1) is 0 Å². The number of anilines is 2. The lowest BCUT2D eigenvalue weighted by molar-refractivity contribution is -0.384. The topological polar surface area (TPSA) is 98.3 Å². The molecule has 6 heteroatoms. The van der Waals surface area contributed by atoms with Crippen LogP contribution in [0.15, 0.2) is 48.5 Å². The molecule has 0 spiro atoms. The quantitative estimate of drug-likeness (QED) is 0.506. The fourth-order valence-corrected chi connectivity index (χ4v) is 1.73. The van der Waals surface area contributed by atoms with E-state index in [1.165, 1.54) is 12.1 Å². The Labute approximate surface area is 115 Å². The van der Waals surface area contributed by atoms with E-state index in [0.29, 0.717) is 16.9 Å².